The van der Waals surface area contributed by atoms with Crippen molar-refractivity contribution in [2.24, 2.45) is 0 Å². The summed E-state index contributed by atoms with van der Waals surface area (Å²) in [5.41, 5.74) is 1.45. The number of para-hydroxylation sites is 1. The Morgan fingerprint density at radius 3 is 2.53 bits per heavy atom. The van der Waals surface area contributed by atoms with E-state index in [-0.39, 0.29) is 22.5 Å². The molecule has 0 amide bonds. The molecule has 5 heteroatoms. The van der Waals surface area contributed by atoms with E-state index in [9.17, 15) is 10.2 Å². The predicted octanol–water partition coefficient (Wildman–Crippen LogP) is 3.25. The summed E-state index contributed by atoms with van der Waals surface area (Å²) in [6.45, 7) is -0.229. The lowest BCUT2D eigenvalue weighted by Crippen LogP contribution is -1.95. The van der Waals surface area contributed by atoms with Gasteiger partial charge in [-0.15, -0.1) is 0 Å². The van der Waals surface area contributed by atoms with Crippen LogP contribution in [0.1, 0.15) is 5.56 Å². The van der Waals surface area contributed by atoms with Crippen molar-refractivity contribution in [3.63, 3.8) is 0 Å². The first-order chi connectivity index (χ1) is 8.13. The molecule has 0 spiro atoms. The molecule has 0 aliphatic rings. The summed E-state index contributed by atoms with van der Waals surface area (Å²) in [6, 6.07) is 8.25. The maximum absolute atomic E-state index is 9.75. The topological polar surface area (TPSA) is 53.4 Å². The number of hydrogen-bond acceptors (Lipinski definition) is 3. The lowest BCUT2D eigenvalue weighted by atomic mass is 10.1. The molecule has 2 N–H and O–H groups in total. The number of aliphatic hydroxyl groups excluding tert-OH is 1. The van der Waals surface area contributed by atoms with Crippen molar-refractivity contribution in [2.45, 2.75) is 6.61 Å². The number of aromatic hydroxyl groups is 1. The van der Waals surface area contributed by atoms with Crippen LogP contribution < -0.4 is 0 Å². The van der Waals surface area contributed by atoms with E-state index in [0.717, 1.165) is 0 Å². The van der Waals surface area contributed by atoms with Crippen molar-refractivity contribution >= 4 is 23.2 Å². The first-order valence-corrected chi connectivity index (χ1v) is 5.63. The normalized spacial score (nSPS) is 10.5. The molecule has 0 radical (unpaired) electrons. The smallest absolute Gasteiger partial charge is 0.148 e. The summed E-state index contributed by atoms with van der Waals surface area (Å²) in [5, 5.41) is 19.4. The van der Waals surface area contributed by atoms with E-state index < -0.39 is 0 Å². The fraction of sp³-hybridized carbons (Fsp3) is 0.0833. The van der Waals surface area contributed by atoms with Crippen LogP contribution in [-0.2, 0) is 6.61 Å². The highest BCUT2D eigenvalue weighted by Crippen LogP contribution is 2.33. The monoisotopic (exact) mass is 269 g/mol. The quantitative estimate of drug-likeness (QED) is 0.823. The molecule has 3 nitrogen and oxygen atoms in total. The van der Waals surface area contributed by atoms with Crippen LogP contribution in [0.5, 0.6) is 5.75 Å². The Labute approximate surface area is 108 Å². The van der Waals surface area contributed by atoms with Gasteiger partial charge < -0.3 is 10.2 Å². The maximum atomic E-state index is 9.75. The third kappa shape index (κ3) is 2.36. The zero-order chi connectivity index (χ0) is 12.4. The minimum atomic E-state index is -0.229. The van der Waals surface area contributed by atoms with Gasteiger partial charge in [-0.3, -0.25) is 0 Å². The standard InChI is InChI=1S/C12H9Cl2NO2/c13-9-5-7(6-16)11(15-12(9)14)8-3-1-2-4-10(8)17/h1-5,16-17H,6H2. The Kier molecular flexibility index (Phi) is 3.52. The van der Waals surface area contributed by atoms with E-state index in [1.54, 1.807) is 30.3 Å². The average Bonchev–Trinajstić information content (AvgIpc) is 2.33. The second-order valence-corrected chi connectivity index (χ2v) is 4.21. The largest absolute Gasteiger partial charge is 0.507 e. The Morgan fingerprint density at radius 1 is 1.18 bits per heavy atom. The highest BCUT2D eigenvalue weighted by Gasteiger charge is 2.13. The van der Waals surface area contributed by atoms with Crippen LogP contribution in [0.3, 0.4) is 0 Å². The number of phenolic OH excluding ortho intramolecular Hbond substituents is 1. The van der Waals surface area contributed by atoms with Crippen LogP contribution in [0.25, 0.3) is 11.3 Å². The van der Waals surface area contributed by atoms with E-state index in [1.165, 1.54) is 0 Å². The van der Waals surface area contributed by atoms with E-state index in [0.29, 0.717) is 16.8 Å². The van der Waals surface area contributed by atoms with Crippen molar-refractivity contribution in [1.82, 2.24) is 4.98 Å². The summed E-state index contributed by atoms with van der Waals surface area (Å²) < 4.78 is 0. The number of hydrogen-bond donors (Lipinski definition) is 2. The molecule has 0 saturated carbocycles. The summed E-state index contributed by atoms with van der Waals surface area (Å²) >= 11 is 11.7. The van der Waals surface area contributed by atoms with Gasteiger partial charge in [0.25, 0.3) is 0 Å². The predicted molar refractivity (Wildman–Crippen MR) is 67.3 cm³/mol. The van der Waals surface area contributed by atoms with Crippen molar-refractivity contribution < 1.29 is 10.2 Å². The van der Waals surface area contributed by atoms with E-state index in [1.807, 2.05) is 0 Å². The van der Waals surface area contributed by atoms with Gasteiger partial charge in [0.05, 0.1) is 17.3 Å². The molecular formula is C12H9Cl2NO2. The molecule has 0 atom stereocenters. The number of nitrogens with zero attached hydrogens (tertiary/aromatic N) is 1. The third-order valence-corrected chi connectivity index (χ3v) is 3.01. The van der Waals surface area contributed by atoms with Crippen molar-refractivity contribution in [3.05, 3.63) is 46.1 Å². The molecule has 0 unspecified atom stereocenters. The molecule has 88 valence electrons. The zero-order valence-electron chi connectivity index (χ0n) is 8.69. The van der Waals surface area contributed by atoms with Gasteiger partial charge in [-0.1, -0.05) is 35.3 Å². The highest BCUT2D eigenvalue weighted by molar-refractivity contribution is 6.41. The molecule has 0 aliphatic heterocycles. The number of phenols is 1. The molecule has 0 saturated heterocycles. The summed E-state index contributed by atoms with van der Waals surface area (Å²) in [7, 11) is 0. The van der Waals surface area contributed by atoms with Gasteiger partial charge in [-0.25, -0.2) is 4.98 Å². The SMILES string of the molecule is OCc1cc(Cl)c(Cl)nc1-c1ccccc1O. The molecular weight excluding hydrogens is 261 g/mol. The van der Waals surface area contributed by atoms with Crippen LogP contribution in [0, 0.1) is 0 Å². The Morgan fingerprint density at radius 2 is 1.88 bits per heavy atom. The van der Waals surface area contributed by atoms with Gasteiger partial charge in [0, 0.05) is 11.1 Å². The Hall–Kier alpha value is -1.29. The van der Waals surface area contributed by atoms with Gasteiger partial charge in [-0.05, 0) is 18.2 Å². The summed E-state index contributed by atoms with van der Waals surface area (Å²) in [5.74, 6) is 0.0769. The summed E-state index contributed by atoms with van der Waals surface area (Å²) in [4.78, 5) is 4.09. The minimum absolute atomic E-state index is 0.0769. The first kappa shape index (κ1) is 12.2. The molecule has 2 aromatic rings. The van der Waals surface area contributed by atoms with Crippen molar-refractivity contribution in [3.8, 4) is 17.0 Å². The lowest BCUT2D eigenvalue weighted by Gasteiger charge is -2.09. The number of aromatic nitrogens is 1. The van der Waals surface area contributed by atoms with Crippen LogP contribution in [0.2, 0.25) is 10.2 Å². The second kappa shape index (κ2) is 4.92. The van der Waals surface area contributed by atoms with Crippen LogP contribution in [0.4, 0.5) is 0 Å². The van der Waals surface area contributed by atoms with Crippen LogP contribution >= 0.6 is 23.2 Å². The van der Waals surface area contributed by atoms with Gasteiger partial charge in [0.15, 0.2) is 0 Å². The number of halogens is 2. The number of pyridine rings is 1. The fourth-order valence-corrected chi connectivity index (χ4v) is 1.84. The molecule has 2 rings (SSSR count). The highest BCUT2D eigenvalue weighted by atomic mass is 35.5. The summed E-state index contributed by atoms with van der Waals surface area (Å²) in [6.07, 6.45) is 0. The third-order valence-electron chi connectivity index (χ3n) is 2.34. The molecule has 0 bridgehead atoms. The second-order valence-electron chi connectivity index (χ2n) is 3.44. The Balaban J connectivity index is 2.67. The molecule has 1 heterocycles. The minimum Gasteiger partial charge on any atom is -0.507 e. The maximum Gasteiger partial charge on any atom is 0.148 e. The molecule has 17 heavy (non-hydrogen) atoms. The van der Waals surface area contributed by atoms with Crippen molar-refractivity contribution in [2.75, 3.05) is 0 Å². The van der Waals surface area contributed by atoms with Crippen molar-refractivity contribution in [1.29, 1.82) is 0 Å². The fourth-order valence-electron chi connectivity index (χ4n) is 1.53. The lowest BCUT2D eigenvalue weighted by molar-refractivity contribution is 0.282. The first-order valence-electron chi connectivity index (χ1n) is 4.87. The average molecular weight is 270 g/mol. The van der Waals surface area contributed by atoms with Gasteiger partial charge in [0.1, 0.15) is 10.9 Å². The molecule has 1 aromatic heterocycles. The molecule has 0 fully saturated rings. The van der Waals surface area contributed by atoms with Crippen LogP contribution in [0.15, 0.2) is 30.3 Å². The molecule has 1 aromatic carbocycles. The number of benzene rings is 1. The molecule has 0 aliphatic carbocycles. The number of aliphatic hydroxyl groups is 1. The van der Waals surface area contributed by atoms with E-state index >= 15 is 0 Å². The van der Waals surface area contributed by atoms with E-state index in [2.05, 4.69) is 4.98 Å². The van der Waals surface area contributed by atoms with Gasteiger partial charge in [-0.2, -0.15) is 0 Å². The zero-order valence-corrected chi connectivity index (χ0v) is 10.2. The van der Waals surface area contributed by atoms with Gasteiger partial charge in [0.2, 0.25) is 0 Å². The van der Waals surface area contributed by atoms with Gasteiger partial charge >= 0.3 is 0 Å². The number of rotatable bonds is 2. The van der Waals surface area contributed by atoms with E-state index in [4.69, 9.17) is 23.2 Å². The Bertz CT molecular complexity index is 558. The van der Waals surface area contributed by atoms with Crippen LogP contribution in [-0.4, -0.2) is 15.2 Å².